The first-order chi connectivity index (χ1) is 21.6. The van der Waals surface area contributed by atoms with Gasteiger partial charge < -0.3 is 0 Å². The van der Waals surface area contributed by atoms with E-state index in [0.717, 1.165) is 58.2 Å². The van der Waals surface area contributed by atoms with E-state index in [4.69, 9.17) is 0 Å². The van der Waals surface area contributed by atoms with E-state index in [9.17, 15) is 0 Å². The first-order valence-corrected chi connectivity index (χ1v) is 15.9. The van der Waals surface area contributed by atoms with Crippen molar-refractivity contribution in [2.45, 2.75) is 65.1 Å². The van der Waals surface area contributed by atoms with E-state index in [2.05, 4.69) is 126 Å². The van der Waals surface area contributed by atoms with Gasteiger partial charge in [0, 0.05) is 41.7 Å². The summed E-state index contributed by atoms with van der Waals surface area (Å²) in [5, 5.41) is 0. The van der Waals surface area contributed by atoms with Gasteiger partial charge in [0.1, 0.15) is 18.6 Å². The van der Waals surface area contributed by atoms with Crippen LogP contribution < -0.4 is 0 Å². The molecule has 3 aromatic heterocycles. The number of benzene rings is 3. The van der Waals surface area contributed by atoms with Crippen LogP contribution in [-0.4, -0.2) is 27.4 Å². The van der Waals surface area contributed by atoms with E-state index in [-0.39, 0.29) is 25.5 Å². The van der Waals surface area contributed by atoms with Gasteiger partial charge in [0.15, 0.2) is 36.1 Å². The van der Waals surface area contributed by atoms with Crippen molar-refractivity contribution in [3.05, 3.63) is 144 Å². The molecule has 0 saturated carbocycles. The Kier molecular flexibility index (Phi) is 6.99. The van der Waals surface area contributed by atoms with Crippen LogP contribution in [0.5, 0.6) is 0 Å². The smallest absolute Gasteiger partial charge is 0.251 e. The van der Waals surface area contributed by atoms with E-state index in [1.165, 1.54) is 50.8 Å². The maximum absolute atomic E-state index is 3.50. The second-order valence-electron chi connectivity index (χ2n) is 13.3. The Morgan fingerprint density at radius 2 is 0.889 bits per heavy atom. The minimum atomic E-state index is -0.0672. The average Bonchev–Trinajstić information content (AvgIpc) is 3.76. The molecule has 0 amide bonds. The van der Waals surface area contributed by atoms with Crippen LogP contribution in [-0.2, 0) is 78.3 Å². The van der Waals surface area contributed by atoms with E-state index >= 15 is 0 Å². The van der Waals surface area contributed by atoms with Gasteiger partial charge in [0.05, 0.1) is 19.6 Å². The van der Waals surface area contributed by atoms with Gasteiger partial charge >= 0.3 is 20.1 Å². The van der Waals surface area contributed by atoms with Crippen LogP contribution in [0.25, 0.3) is 17.1 Å². The molecule has 6 nitrogen and oxygen atoms in total. The number of fused-ring (bicyclic) bond motifs is 9. The van der Waals surface area contributed by atoms with Gasteiger partial charge in [-0.15, -0.1) is 18.2 Å². The summed E-state index contributed by atoms with van der Waals surface area (Å²) in [5.41, 5.74) is 11.7. The van der Waals surface area contributed by atoms with Crippen molar-refractivity contribution in [3.63, 3.8) is 0 Å². The third-order valence-electron chi connectivity index (χ3n) is 9.78. The van der Waals surface area contributed by atoms with Crippen LogP contribution in [0.2, 0.25) is 0 Å². The number of nitrogens with zero attached hydrogens (tertiary/aromatic N) is 6. The van der Waals surface area contributed by atoms with Gasteiger partial charge in [-0.2, -0.15) is 54.6 Å². The minimum Gasteiger partial charge on any atom is -0.251 e. The van der Waals surface area contributed by atoms with Crippen molar-refractivity contribution in [2.24, 2.45) is 5.41 Å². The zero-order chi connectivity index (χ0) is 29.3. The third-order valence-corrected chi connectivity index (χ3v) is 9.78. The maximum atomic E-state index is 3.50. The second-order valence-corrected chi connectivity index (χ2v) is 13.3. The zero-order valence-corrected chi connectivity index (χ0v) is 27.9. The summed E-state index contributed by atoms with van der Waals surface area (Å²) in [6.07, 6.45) is 20.4. The van der Waals surface area contributed by atoms with Crippen LogP contribution in [0.4, 0.5) is 0 Å². The second kappa shape index (κ2) is 11.1. The summed E-state index contributed by atoms with van der Waals surface area (Å²) in [7, 11) is 0. The Morgan fingerprint density at radius 3 is 1.22 bits per heavy atom. The Bertz CT molecular complexity index is 1810. The average molecular weight is 769 g/mol. The molecule has 3 aliphatic heterocycles. The van der Waals surface area contributed by atoms with Gasteiger partial charge in [-0.3, -0.25) is 13.7 Å². The number of aromatic nitrogens is 6. The van der Waals surface area contributed by atoms with Crippen molar-refractivity contribution < 1.29 is 20.1 Å². The fraction of sp³-hybridized carbons (Fsp3) is 0.289. The van der Waals surface area contributed by atoms with E-state index in [0.29, 0.717) is 0 Å². The molecule has 3 aromatic carbocycles. The van der Waals surface area contributed by atoms with Crippen LogP contribution >= 0.6 is 0 Å². The maximum Gasteiger partial charge on any atom is 3.00 e. The summed E-state index contributed by atoms with van der Waals surface area (Å²) in [6, 6.07) is 29.6. The molecule has 0 bridgehead atoms. The molecule has 0 N–H and O–H groups in total. The summed E-state index contributed by atoms with van der Waals surface area (Å²) in [5.74, 6) is 0. The molecule has 6 heterocycles. The number of rotatable bonds is 6. The molecule has 6 aromatic rings. The minimum absolute atomic E-state index is 0. The first-order valence-electron chi connectivity index (χ1n) is 15.9. The fourth-order valence-electron chi connectivity index (χ4n) is 7.87. The van der Waals surface area contributed by atoms with Crippen molar-refractivity contribution in [1.29, 1.82) is 0 Å². The topological polar surface area (TPSA) is 29.6 Å². The van der Waals surface area contributed by atoms with Crippen LogP contribution in [0.15, 0.2) is 92.2 Å². The van der Waals surface area contributed by atoms with Crippen LogP contribution in [0, 0.1) is 23.6 Å². The fourth-order valence-corrected chi connectivity index (χ4v) is 7.87. The molecule has 0 fully saturated rings. The number of para-hydroxylation sites is 3. The largest absolute Gasteiger partial charge is 3.00 e. The molecule has 0 atom stereocenters. The van der Waals surface area contributed by atoms with Crippen molar-refractivity contribution in [1.82, 2.24) is 27.4 Å². The molecule has 7 heteroatoms. The molecule has 9 rings (SSSR count). The Morgan fingerprint density at radius 1 is 0.556 bits per heavy atom. The van der Waals surface area contributed by atoms with E-state index in [1.54, 1.807) is 0 Å². The number of aryl methyl sites for hydroxylation is 6. The van der Waals surface area contributed by atoms with Gasteiger partial charge in [0.25, 0.3) is 0 Å². The predicted octanol–water partition coefficient (Wildman–Crippen LogP) is 6.41. The number of hydrogen-bond acceptors (Lipinski definition) is 0. The number of imidazole rings is 3. The SMILES string of the molecule is CC(Cn1cc2n([cH+]1)-c1[c-]cccc1CC2)(Cn1cc2n([cH+]1)-c1[c-]cccc1CC2)Cn1cc2n([cH+]1)-c1[c-]cccc1CC2.[Ir+3]. The molecule has 3 aliphatic rings. The Labute approximate surface area is 278 Å². The molecule has 0 radical (unpaired) electrons. The predicted molar refractivity (Wildman–Crippen MR) is 171 cm³/mol. The standard InChI is InChI=1S/C38H36N6.Ir/c1-38(23-39-20-32-17-14-29-8-2-5-11-35(29)42(32)26-39,24-40-21-33-18-15-30-9-3-6-12-36(30)43(33)27-40)25-41-22-34-19-16-31-10-4-7-13-37(31)44(34)28-41;/h2-10,20-22,26-28H,14-19,23-25H2,1H3;/q;+3. The molecular weight excluding hydrogens is 733 g/mol. The van der Waals surface area contributed by atoms with Gasteiger partial charge in [-0.1, -0.05) is 23.6 Å². The monoisotopic (exact) mass is 769 g/mol. The van der Waals surface area contributed by atoms with Crippen molar-refractivity contribution in [2.75, 3.05) is 0 Å². The van der Waals surface area contributed by atoms with Gasteiger partial charge in [-0.25, -0.2) is 13.7 Å². The molecule has 45 heavy (non-hydrogen) atoms. The van der Waals surface area contributed by atoms with Crippen molar-refractivity contribution >= 4 is 0 Å². The van der Waals surface area contributed by atoms with Crippen molar-refractivity contribution in [3.8, 4) is 17.1 Å². The summed E-state index contributed by atoms with van der Waals surface area (Å²) in [6.45, 7) is 5.16. The van der Waals surface area contributed by atoms with E-state index in [1.807, 2.05) is 18.2 Å². The quantitative estimate of drug-likeness (QED) is 0.176. The third kappa shape index (κ3) is 5.03. The zero-order valence-electron chi connectivity index (χ0n) is 25.5. The molecule has 224 valence electrons. The Hall–Kier alpha value is -4.06. The summed E-state index contributed by atoms with van der Waals surface area (Å²) in [4.78, 5) is 0. The Balaban J connectivity index is 0.00000300. The summed E-state index contributed by atoms with van der Waals surface area (Å²) < 4.78 is 14.3. The summed E-state index contributed by atoms with van der Waals surface area (Å²) >= 11 is 0. The van der Waals surface area contributed by atoms with Gasteiger partial charge in [-0.05, 0) is 19.3 Å². The van der Waals surface area contributed by atoms with Crippen LogP contribution in [0.1, 0.15) is 40.7 Å². The van der Waals surface area contributed by atoms with Gasteiger partial charge in [0.2, 0.25) is 0 Å². The molecule has 0 aliphatic carbocycles. The van der Waals surface area contributed by atoms with E-state index < -0.39 is 0 Å². The normalized spacial score (nSPS) is 14.3. The molecule has 0 unspecified atom stereocenters. The molecular formula is C38H36IrN6+3. The first kappa shape index (κ1) is 28.4. The number of hydrogen-bond donors (Lipinski definition) is 0. The molecule has 0 spiro atoms. The van der Waals surface area contributed by atoms with Crippen LogP contribution in [0.3, 0.4) is 0 Å². The molecule has 0 saturated heterocycles.